The van der Waals surface area contributed by atoms with E-state index < -0.39 is 0 Å². The lowest BCUT2D eigenvalue weighted by Crippen LogP contribution is -2.30. The number of halogens is 2. The van der Waals surface area contributed by atoms with E-state index in [9.17, 15) is 4.79 Å². The molecule has 3 rings (SSSR count). The Morgan fingerprint density at radius 1 is 1.14 bits per heavy atom. The molecule has 0 bridgehead atoms. The number of thiocarbonyl (C=S) groups is 1. The van der Waals surface area contributed by atoms with Crippen LogP contribution >= 0.6 is 39.7 Å². The van der Waals surface area contributed by atoms with Crippen molar-refractivity contribution in [3.63, 3.8) is 0 Å². The molecule has 0 atom stereocenters. The molecule has 110 valence electrons. The molecular weight excluding hydrogens is 384 g/mol. The standard InChI is InChI=1S/C16H10BrClN2OS/c17-11-5-7-12(8-6-11)20-15(21)14(19-16(20)22)9-10-3-1-2-4-13(10)18/h1-9H,(H,19,22). The van der Waals surface area contributed by atoms with Gasteiger partial charge in [-0.05, 0) is 54.2 Å². The number of nitrogens with one attached hydrogen (secondary N) is 1. The number of anilines is 1. The molecule has 1 saturated heterocycles. The molecule has 1 aliphatic heterocycles. The van der Waals surface area contributed by atoms with Gasteiger partial charge in [-0.2, -0.15) is 0 Å². The molecule has 1 amide bonds. The van der Waals surface area contributed by atoms with Crippen LogP contribution in [0.25, 0.3) is 6.08 Å². The Balaban J connectivity index is 1.95. The molecule has 0 aromatic heterocycles. The van der Waals surface area contributed by atoms with E-state index in [2.05, 4.69) is 21.2 Å². The average Bonchev–Trinajstić information content (AvgIpc) is 2.77. The van der Waals surface area contributed by atoms with Gasteiger partial charge >= 0.3 is 0 Å². The first-order valence-corrected chi connectivity index (χ1v) is 8.01. The number of carbonyl (C=O) groups is 1. The van der Waals surface area contributed by atoms with E-state index >= 15 is 0 Å². The molecule has 1 heterocycles. The summed E-state index contributed by atoms with van der Waals surface area (Å²) in [7, 11) is 0. The van der Waals surface area contributed by atoms with Gasteiger partial charge in [0.2, 0.25) is 0 Å². The first-order chi connectivity index (χ1) is 10.6. The normalized spacial score (nSPS) is 16.3. The summed E-state index contributed by atoms with van der Waals surface area (Å²) in [6.07, 6.45) is 1.70. The van der Waals surface area contributed by atoms with E-state index in [1.807, 2.05) is 42.5 Å². The van der Waals surface area contributed by atoms with Gasteiger partial charge in [-0.25, -0.2) is 0 Å². The molecule has 0 unspecified atom stereocenters. The van der Waals surface area contributed by atoms with Crippen LogP contribution in [0.1, 0.15) is 5.56 Å². The first kappa shape index (κ1) is 15.2. The highest BCUT2D eigenvalue weighted by atomic mass is 79.9. The highest BCUT2D eigenvalue weighted by Crippen LogP contribution is 2.25. The Kier molecular flexibility index (Phi) is 4.29. The van der Waals surface area contributed by atoms with Crippen molar-refractivity contribution in [1.29, 1.82) is 0 Å². The highest BCUT2D eigenvalue weighted by molar-refractivity contribution is 9.10. The second-order valence-corrected chi connectivity index (χ2v) is 6.34. The number of carbonyl (C=O) groups excluding carboxylic acids is 1. The molecule has 2 aromatic rings. The smallest absolute Gasteiger partial charge is 0.281 e. The van der Waals surface area contributed by atoms with Gasteiger partial charge < -0.3 is 5.32 Å². The van der Waals surface area contributed by atoms with Gasteiger partial charge in [0.1, 0.15) is 5.70 Å². The number of hydrogen-bond acceptors (Lipinski definition) is 2. The van der Waals surface area contributed by atoms with Crippen molar-refractivity contribution in [2.45, 2.75) is 0 Å². The summed E-state index contributed by atoms with van der Waals surface area (Å²) in [5, 5.41) is 3.87. The maximum atomic E-state index is 12.6. The molecule has 0 aliphatic carbocycles. The fourth-order valence-electron chi connectivity index (χ4n) is 2.11. The quantitative estimate of drug-likeness (QED) is 0.607. The van der Waals surface area contributed by atoms with E-state index in [4.69, 9.17) is 23.8 Å². The zero-order chi connectivity index (χ0) is 15.7. The summed E-state index contributed by atoms with van der Waals surface area (Å²) in [5.74, 6) is -0.202. The summed E-state index contributed by atoms with van der Waals surface area (Å²) in [5.41, 5.74) is 1.88. The van der Waals surface area contributed by atoms with Crippen molar-refractivity contribution in [1.82, 2.24) is 5.32 Å². The van der Waals surface area contributed by atoms with E-state index in [-0.39, 0.29) is 5.91 Å². The Morgan fingerprint density at radius 2 is 1.82 bits per heavy atom. The largest absolute Gasteiger partial charge is 0.327 e. The Bertz CT molecular complexity index is 789. The van der Waals surface area contributed by atoms with Gasteiger partial charge in [0.05, 0.1) is 5.69 Å². The second kappa shape index (κ2) is 6.20. The average molecular weight is 394 g/mol. The molecule has 22 heavy (non-hydrogen) atoms. The SMILES string of the molecule is O=C1C(=Cc2ccccc2Cl)NC(=S)N1c1ccc(Br)cc1. The van der Waals surface area contributed by atoms with Gasteiger partial charge in [-0.1, -0.05) is 45.7 Å². The van der Waals surface area contributed by atoms with Crippen molar-refractivity contribution in [3.8, 4) is 0 Å². The minimum absolute atomic E-state index is 0.202. The molecular formula is C16H10BrClN2OS. The van der Waals surface area contributed by atoms with Gasteiger partial charge in [0, 0.05) is 9.50 Å². The van der Waals surface area contributed by atoms with Gasteiger partial charge in [-0.15, -0.1) is 0 Å². The predicted molar refractivity (Wildman–Crippen MR) is 96.8 cm³/mol. The summed E-state index contributed by atoms with van der Waals surface area (Å²) in [4.78, 5) is 14.0. The number of nitrogens with zero attached hydrogens (tertiary/aromatic N) is 1. The molecule has 1 fully saturated rings. The maximum Gasteiger partial charge on any atom is 0.281 e. The van der Waals surface area contributed by atoms with Crippen LogP contribution in [-0.2, 0) is 4.79 Å². The Hall–Kier alpha value is -1.69. The van der Waals surface area contributed by atoms with Crippen molar-refractivity contribution < 1.29 is 4.79 Å². The number of hydrogen-bond donors (Lipinski definition) is 1. The van der Waals surface area contributed by atoms with Crippen LogP contribution in [0.3, 0.4) is 0 Å². The molecule has 0 radical (unpaired) electrons. The third-order valence-electron chi connectivity index (χ3n) is 3.17. The Morgan fingerprint density at radius 3 is 2.50 bits per heavy atom. The van der Waals surface area contributed by atoms with Crippen LogP contribution in [0.4, 0.5) is 5.69 Å². The first-order valence-electron chi connectivity index (χ1n) is 6.43. The van der Waals surface area contributed by atoms with Crippen LogP contribution in [0.15, 0.2) is 58.7 Å². The fourth-order valence-corrected chi connectivity index (χ4v) is 2.86. The van der Waals surface area contributed by atoms with Crippen LogP contribution < -0.4 is 10.2 Å². The third-order valence-corrected chi connectivity index (χ3v) is 4.33. The van der Waals surface area contributed by atoms with Crippen molar-refractivity contribution in [2.24, 2.45) is 0 Å². The molecule has 3 nitrogen and oxygen atoms in total. The lowest BCUT2D eigenvalue weighted by atomic mass is 10.2. The molecule has 1 aliphatic rings. The molecule has 0 saturated carbocycles. The van der Waals surface area contributed by atoms with E-state index in [0.29, 0.717) is 21.5 Å². The lowest BCUT2D eigenvalue weighted by molar-refractivity contribution is -0.113. The van der Waals surface area contributed by atoms with Crippen molar-refractivity contribution in [3.05, 3.63) is 69.3 Å². The minimum Gasteiger partial charge on any atom is -0.327 e. The second-order valence-electron chi connectivity index (χ2n) is 4.63. The number of rotatable bonds is 2. The monoisotopic (exact) mass is 392 g/mol. The molecule has 1 N–H and O–H groups in total. The lowest BCUT2D eigenvalue weighted by Gasteiger charge is -2.13. The van der Waals surface area contributed by atoms with Gasteiger partial charge in [0.15, 0.2) is 5.11 Å². The van der Waals surface area contributed by atoms with Gasteiger partial charge in [-0.3, -0.25) is 9.69 Å². The fraction of sp³-hybridized carbons (Fsp3) is 0. The summed E-state index contributed by atoms with van der Waals surface area (Å²) in [6.45, 7) is 0. The summed E-state index contributed by atoms with van der Waals surface area (Å²) >= 11 is 14.8. The zero-order valence-electron chi connectivity index (χ0n) is 11.2. The van der Waals surface area contributed by atoms with Crippen molar-refractivity contribution in [2.75, 3.05) is 4.90 Å². The summed E-state index contributed by atoms with van der Waals surface area (Å²) < 4.78 is 0.939. The predicted octanol–water partition coefficient (Wildman–Crippen LogP) is 4.36. The third kappa shape index (κ3) is 2.92. The Labute approximate surface area is 146 Å². The summed E-state index contributed by atoms with van der Waals surface area (Å²) in [6, 6.07) is 14.7. The van der Waals surface area contributed by atoms with Crippen LogP contribution in [0, 0.1) is 0 Å². The van der Waals surface area contributed by atoms with Gasteiger partial charge in [0.25, 0.3) is 5.91 Å². The van der Waals surface area contributed by atoms with E-state index in [0.717, 1.165) is 10.0 Å². The molecule has 6 heteroatoms. The molecule has 2 aromatic carbocycles. The minimum atomic E-state index is -0.202. The molecule has 0 spiro atoms. The number of benzene rings is 2. The van der Waals surface area contributed by atoms with Crippen LogP contribution in [0.2, 0.25) is 5.02 Å². The van der Waals surface area contributed by atoms with Crippen molar-refractivity contribution >= 4 is 62.5 Å². The van der Waals surface area contributed by atoms with Crippen LogP contribution in [-0.4, -0.2) is 11.0 Å². The maximum absolute atomic E-state index is 12.6. The topological polar surface area (TPSA) is 32.3 Å². The van der Waals surface area contributed by atoms with E-state index in [1.54, 1.807) is 12.1 Å². The van der Waals surface area contributed by atoms with Crippen LogP contribution in [0.5, 0.6) is 0 Å². The number of amides is 1. The zero-order valence-corrected chi connectivity index (χ0v) is 14.4. The highest BCUT2D eigenvalue weighted by Gasteiger charge is 2.31. The van der Waals surface area contributed by atoms with E-state index in [1.165, 1.54) is 4.90 Å².